The summed E-state index contributed by atoms with van der Waals surface area (Å²) in [5, 5.41) is 3.45. The highest BCUT2D eigenvalue weighted by atomic mass is 15.2. The van der Waals surface area contributed by atoms with Gasteiger partial charge in [0.05, 0.1) is 0 Å². The van der Waals surface area contributed by atoms with Crippen LogP contribution < -0.4 is 5.32 Å². The summed E-state index contributed by atoms with van der Waals surface area (Å²) in [6.45, 7) is 6.82. The van der Waals surface area contributed by atoms with Crippen molar-refractivity contribution >= 4 is 0 Å². The number of piperidine rings is 1. The van der Waals surface area contributed by atoms with Crippen molar-refractivity contribution in [1.82, 2.24) is 10.2 Å². The lowest BCUT2D eigenvalue weighted by Gasteiger charge is -2.38. The monoisotopic (exact) mass is 286 g/mol. The second-order valence-corrected chi connectivity index (χ2v) is 6.74. The van der Waals surface area contributed by atoms with E-state index in [1.165, 1.54) is 45.2 Å². The second kappa shape index (κ2) is 7.42. The predicted molar refractivity (Wildman–Crippen MR) is 89.5 cm³/mol. The van der Waals surface area contributed by atoms with Gasteiger partial charge in [-0.05, 0) is 68.8 Å². The first kappa shape index (κ1) is 15.1. The topological polar surface area (TPSA) is 15.3 Å². The normalized spacial score (nSPS) is 26.0. The zero-order valence-corrected chi connectivity index (χ0v) is 13.5. The number of likely N-dealkylation sites (N-methyl/N-ethyl adjacent to an activating group) is 1. The third-order valence-electron chi connectivity index (χ3n) is 5.42. The number of nitrogens with zero attached hydrogens (tertiary/aromatic N) is 1. The standard InChI is InChI=1S/C19H30N2/c1-2-20-13-12-16-7-3-4-8-18(16)15-21-14-6-10-17-9-5-11-19(17)21/h3-4,7-8,17,19-20H,2,5-6,9-15H2,1H3. The lowest BCUT2D eigenvalue weighted by molar-refractivity contribution is 0.105. The Hall–Kier alpha value is -0.860. The highest BCUT2D eigenvalue weighted by molar-refractivity contribution is 5.27. The molecule has 1 aliphatic carbocycles. The minimum Gasteiger partial charge on any atom is -0.317 e. The van der Waals surface area contributed by atoms with Crippen LogP contribution in [0.1, 0.15) is 50.2 Å². The van der Waals surface area contributed by atoms with Crippen LogP contribution in [0.3, 0.4) is 0 Å². The lowest BCUT2D eigenvalue weighted by Crippen LogP contribution is -2.42. The van der Waals surface area contributed by atoms with Crippen LogP contribution in [-0.4, -0.2) is 30.6 Å². The maximum absolute atomic E-state index is 3.45. The fourth-order valence-electron chi connectivity index (χ4n) is 4.33. The fraction of sp³-hybridized carbons (Fsp3) is 0.684. The maximum Gasteiger partial charge on any atom is 0.0239 e. The van der Waals surface area contributed by atoms with E-state index in [4.69, 9.17) is 0 Å². The number of hydrogen-bond acceptors (Lipinski definition) is 2. The summed E-state index contributed by atoms with van der Waals surface area (Å²) in [4.78, 5) is 2.78. The summed E-state index contributed by atoms with van der Waals surface area (Å²) in [6.07, 6.45) is 8.40. The van der Waals surface area contributed by atoms with Gasteiger partial charge in [0.15, 0.2) is 0 Å². The molecule has 1 N–H and O–H groups in total. The molecule has 3 rings (SSSR count). The van der Waals surface area contributed by atoms with Crippen LogP contribution in [0.25, 0.3) is 0 Å². The first-order valence-corrected chi connectivity index (χ1v) is 8.90. The van der Waals surface area contributed by atoms with Gasteiger partial charge in [-0.25, -0.2) is 0 Å². The number of fused-ring (bicyclic) bond motifs is 1. The summed E-state index contributed by atoms with van der Waals surface area (Å²) in [5.41, 5.74) is 3.10. The van der Waals surface area contributed by atoms with Gasteiger partial charge in [-0.1, -0.05) is 37.6 Å². The van der Waals surface area contributed by atoms with E-state index < -0.39 is 0 Å². The van der Waals surface area contributed by atoms with Gasteiger partial charge >= 0.3 is 0 Å². The van der Waals surface area contributed by atoms with Gasteiger partial charge < -0.3 is 5.32 Å². The Morgan fingerprint density at radius 1 is 1.10 bits per heavy atom. The molecule has 2 fully saturated rings. The predicted octanol–water partition coefficient (Wildman–Crippen LogP) is 3.60. The van der Waals surface area contributed by atoms with E-state index in [0.717, 1.165) is 31.5 Å². The Labute approximate surface area is 129 Å². The van der Waals surface area contributed by atoms with Crippen LogP contribution in [0, 0.1) is 5.92 Å². The van der Waals surface area contributed by atoms with Crippen LogP contribution in [0.2, 0.25) is 0 Å². The highest BCUT2D eigenvalue weighted by Crippen LogP contribution is 2.37. The van der Waals surface area contributed by atoms with Gasteiger partial charge in [-0.3, -0.25) is 4.90 Å². The van der Waals surface area contributed by atoms with Crippen molar-refractivity contribution in [3.8, 4) is 0 Å². The van der Waals surface area contributed by atoms with Crippen molar-refractivity contribution in [3.63, 3.8) is 0 Å². The van der Waals surface area contributed by atoms with E-state index in [9.17, 15) is 0 Å². The minimum atomic E-state index is 0.876. The zero-order valence-electron chi connectivity index (χ0n) is 13.5. The lowest BCUT2D eigenvalue weighted by atomic mass is 9.91. The minimum absolute atomic E-state index is 0.876. The second-order valence-electron chi connectivity index (χ2n) is 6.74. The Kier molecular flexibility index (Phi) is 5.32. The molecule has 0 spiro atoms. The molecular formula is C19H30N2. The van der Waals surface area contributed by atoms with Crippen LogP contribution >= 0.6 is 0 Å². The van der Waals surface area contributed by atoms with Crippen LogP contribution in [0.4, 0.5) is 0 Å². The number of nitrogens with one attached hydrogen (secondary N) is 1. The van der Waals surface area contributed by atoms with Gasteiger partial charge in [0.2, 0.25) is 0 Å². The first-order valence-electron chi connectivity index (χ1n) is 8.90. The van der Waals surface area contributed by atoms with E-state index in [2.05, 4.69) is 41.4 Å². The average molecular weight is 286 g/mol. The maximum atomic E-state index is 3.45. The van der Waals surface area contributed by atoms with Crippen molar-refractivity contribution in [2.45, 2.75) is 58.0 Å². The number of hydrogen-bond donors (Lipinski definition) is 1. The third kappa shape index (κ3) is 3.67. The van der Waals surface area contributed by atoms with Crippen molar-refractivity contribution in [2.24, 2.45) is 5.92 Å². The fourth-order valence-corrected chi connectivity index (χ4v) is 4.33. The molecule has 1 aliphatic heterocycles. The largest absolute Gasteiger partial charge is 0.317 e. The molecule has 0 bridgehead atoms. The summed E-state index contributed by atoms with van der Waals surface area (Å²) in [6, 6.07) is 9.95. The molecule has 116 valence electrons. The Morgan fingerprint density at radius 2 is 1.90 bits per heavy atom. The molecule has 1 aromatic rings. The van der Waals surface area contributed by atoms with E-state index in [1.807, 2.05) is 0 Å². The van der Waals surface area contributed by atoms with E-state index >= 15 is 0 Å². The molecule has 0 radical (unpaired) electrons. The molecular weight excluding hydrogens is 256 g/mol. The van der Waals surface area contributed by atoms with Crippen LogP contribution in [0.5, 0.6) is 0 Å². The van der Waals surface area contributed by atoms with Crippen molar-refractivity contribution in [2.75, 3.05) is 19.6 Å². The van der Waals surface area contributed by atoms with E-state index in [0.29, 0.717) is 0 Å². The Morgan fingerprint density at radius 3 is 2.76 bits per heavy atom. The van der Waals surface area contributed by atoms with Gasteiger partial charge in [0.1, 0.15) is 0 Å². The Balaban J connectivity index is 1.66. The SMILES string of the molecule is CCNCCc1ccccc1CN1CCCC2CCCC21. The Bertz CT molecular complexity index is 443. The van der Waals surface area contributed by atoms with Gasteiger partial charge in [0, 0.05) is 12.6 Å². The first-order chi connectivity index (χ1) is 10.4. The molecule has 2 nitrogen and oxygen atoms in total. The van der Waals surface area contributed by atoms with Gasteiger partial charge in [-0.2, -0.15) is 0 Å². The van der Waals surface area contributed by atoms with Gasteiger partial charge in [-0.15, -0.1) is 0 Å². The molecule has 0 aromatic heterocycles. The molecule has 1 aromatic carbocycles. The zero-order chi connectivity index (χ0) is 14.5. The van der Waals surface area contributed by atoms with Crippen LogP contribution in [-0.2, 0) is 13.0 Å². The average Bonchev–Trinajstić information content (AvgIpc) is 2.99. The number of benzene rings is 1. The van der Waals surface area contributed by atoms with Gasteiger partial charge in [0.25, 0.3) is 0 Å². The molecule has 2 aliphatic rings. The molecule has 0 amide bonds. The molecule has 1 heterocycles. The van der Waals surface area contributed by atoms with E-state index in [-0.39, 0.29) is 0 Å². The van der Waals surface area contributed by atoms with Crippen molar-refractivity contribution < 1.29 is 0 Å². The molecule has 1 saturated carbocycles. The van der Waals surface area contributed by atoms with E-state index in [1.54, 1.807) is 11.1 Å². The smallest absolute Gasteiger partial charge is 0.0239 e. The quantitative estimate of drug-likeness (QED) is 0.804. The summed E-state index contributed by atoms with van der Waals surface area (Å²) in [7, 11) is 0. The molecule has 2 atom stereocenters. The summed E-state index contributed by atoms with van der Waals surface area (Å²) in [5.74, 6) is 0.993. The molecule has 2 heteroatoms. The molecule has 21 heavy (non-hydrogen) atoms. The number of rotatable bonds is 6. The summed E-state index contributed by atoms with van der Waals surface area (Å²) < 4.78 is 0. The van der Waals surface area contributed by atoms with Crippen LogP contribution in [0.15, 0.2) is 24.3 Å². The number of likely N-dealkylation sites (tertiary alicyclic amines) is 1. The third-order valence-corrected chi connectivity index (χ3v) is 5.42. The molecule has 2 unspecified atom stereocenters. The van der Waals surface area contributed by atoms with Crippen molar-refractivity contribution in [1.29, 1.82) is 0 Å². The highest BCUT2D eigenvalue weighted by Gasteiger charge is 2.34. The van der Waals surface area contributed by atoms with Crippen molar-refractivity contribution in [3.05, 3.63) is 35.4 Å². The summed E-state index contributed by atoms with van der Waals surface area (Å²) >= 11 is 0. The molecule has 1 saturated heterocycles.